The number of hydrogen-bond acceptors (Lipinski definition) is 1. The van der Waals surface area contributed by atoms with E-state index in [0.29, 0.717) is 12.5 Å². The molecule has 0 amide bonds. The minimum atomic E-state index is 0.488. The van der Waals surface area contributed by atoms with E-state index in [-0.39, 0.29) is 0 Å². The van der Waals surface area contributed by atoms with Gasteiger partial charge in [-0.3, -0.25) is 0 Å². The minimum Gasteiger partial charge on any atom is -0.0566 e. The standard InChI is InChI=1S/C5H12NO/c1-5(2)4-6(3)7/h5H,4H2,1-3H3/q+1. The summed E-state index contributed by atoms with van der Waals surface area (Å²) in [5.74, 6) is 0.488. The van der Waals surface area contributed by atoms with Crippen LogP contribution in [0.4, 0.5) is 0 Å². The summed E-state index contributed by atoms with van der Waals surface area (Å²) in [6.45, 7) is 4.68. The Labute approximate surface area is 44.1 Å². The fourth-order valence-corrected chi connectivity index (χ4v) is 0.514. The van der Waals surface area contributed by atoms with Crippen LogP contribution in [0, 0.1) is 10.8 Å². The van der Waals surface area contributed by atoms with Gasteiger partial charge in [0.05, 0.1) is 0 Å². The van der Waals surface area contributed by atoms with Crippen LogP contribution >= 0.6 is 0 Å². The molecule has 0 atom stereocenters. The molecule has 0 radical (unpaired) electrons. The van der Waals surface area contributed by atoms with Crippen LogP contribution in [0.3, 0.4) is 0 Å². The third-order valence-corrected chi connectivity index (χ3v) is 0.622. The summed E-state index contributed by atoms with van der Waals surface area (Å²) in [6.07, 6.45) is 0. The van der Waals surface area contributed by atoms with Crippen molar-refractivity contribution in [2.75, 3.05) is 13.6 Å². The van der Waals surface area contributed by atoms with Crippen molar-refractivity contribution in [3.63, 3.8) is 0 Å². The van der Waals surface area contributed by atoms with Crippen LogP contribution in [0.25, 0.3) is 0 Å². The van der Waals surface area contributed by atoms with Gasteiger partial charge in [-0.25, -0.2) is 0 Å². The van der Waals surface area contributed by atoms with Gasteiger partial charge < -0.3 is 0 Å². The predicted octanol–water partition coefficient (Wildman–Crippen LogP) is 1.05. The van der Waals surface area contributed by atoms with Gasteiger partial charge >= 0.3 is 0 Å². The van der Waals surface area contributed by atoms with Crippen molar-refractivity contribution in [1.29, 1.82) is 0 Å². The zero-order chi connectivity index (χ0) is 5.86. The van der Waals surface area contributed by atoms with Crippen molar-refractivity contribution in [3.8, 4) is 0 Å². The molecule has 0 aliphatic carbocycles. The number of nitrogens with zero attached hydrogens (tertiary/aromatic N) is 1. The molecule has 42 valence electrons. The molecule has 0 fully saturated rings. The largest absolute Gasteiger partial charge is 0.193 e. The van der Waals surface area contributed by atoms with Gasteiger partial charge in [-0.1, -0.05) is 13.8 Å². The Hall–Kier alpha value is -0.400. The fourth-order valence-electron chi connectivity index (χ4n) is 0.514. The van der Waals surface area contributed by atoms with Gasteiger partial charge in [-0.15, -0.1) is 0 Å². The Bertz CT molecular complexity index is 68.5. The Balaban J connectivity index is 3.13. The molecule has 0 aromatic rings. The fraction of sp³-hybridized carbons (Fsp3) is 1.00. The van der Waals surface area contributed by atoms with Gasteiger partial charge in [0.15, 0.2) is 13.6 Å². The predicted molar refractivity (Wildman–Crippen MR) is 29.3 cm³/mol. The van der Waals surface area contributed by atoms with Crippen LogP contribution in [0.5, 0.6) is 0 Å². The first-order chi connectivity index (χ1) is 3.13. The van der Waals surface area contributed by atoms with E-state index in [2.05, 4.69) is 0 Å². The van der Waals surface area contributed by atoms with E-state index < -0.39 is 0 Å². The summed E-state index contributed by atoms with van der Waals surface area (Å²) in [5, 5.41) is 0. The topological polar surface area (TPSA) is 20.1 Å². The van der Waals surface area contributed by atoms with E-state index >= 15 is 0 Å². The number of rotatable bonds is 2. The van der Waals surface area contributed by atoms with E-state index in [1.807, 2.05) is 13.8 Å². The second-order valence-corrected chi connectivity index (χ2v) is 2.20. The maximum atomic E-state index is 10.2. The molecule has 0 aliphatic rings. The summed E-state index contributed by atoms with van der Waals surface area (Å²) in [5.41, 5.74) is 0. The monoisotopic (exact) mass is 102 g/mol. The molecule has 0 aromatic heterocycles. The zero-order valence-electron chi connectivity index (χ0n) is 5.14. The molecule has 0 heterocycles. The van der Waals surface area contributed by atoms with Crippen LogP contribution in [0.15, 0.2) is 0 Å². The van der Waals surface area contributed by atoms with Crippen molar-refractivity contribution in [2.24, 2.45) is 5.92 Å². The van der Waals surface area contributed by atoms with Gasteiger partial charge in [-0.05, 0) is 4.76 Å². The molecule has 0 N–H and O–H groups in total. The molecule has 0 bridgehead atoms. The SMILES string of the molecule is CC(C)C[N+](C)=O. The summed E-state index contributed by atoms with van der Waals surface area (Å²) in [6, 6.07) is 0. The summed E-state index contributed by atoms with van der Waals surface area (Å²) >= 11 is 0. The molecule has 2 heteroatoms. The van der Waals surface area contributed by atoms with Crippen molar-refractivity contribution >= 4 is 0 Å². The maximum Gasteiger partial charge on any atom is 0.193 e. The third kappa shape index (κ3) is 5.60. The molecular weight excluding hydrogens is 90.1 g/mol. The second kappa shape index (κ2) is 2.72. The van der Waals surface area contributed by atoms with E-state index in [9.17, 15) is 4.91 Å². The molecule has 2 nitrogen and oxygen atoms in total. The van der Waals surface area contributed by atoms with Crippen LogP contribution in [0.2, 0.25) is 0 Å². The lowest BCUT2D eigenvalue weighted by molar-refractivity contribution is -0.524. The summed E-state index contributed by atoms with van der Waals surface area (Å²) in [4.78, 5) is 10.2. The highest BCUT2D eigenvalue weighted by molar-refractivity contribution is 4.34. The molecule has 0 unspecified atom stereocenters. The molecule has 7 heavy (non-hydrogen) atoms. The van der Waals surface area contributed by atoms with Gasteiger partial charge in [-0.2, -0.15) is 0 Å². The lowest BCUT2D eigenvalue weighted by atomic mass is 10.2. The molecule has 0 saturated carbocycles. The average Bonchev–Trinajstić information content (AvgIpc) is 1.27. The molecule has 0 spiro atoms. The second-order valence-electron chi connectivity index (χ2n) is 2.20. The van der Waals surface area contributed by atoms with Crippen molar-refractivity contribution < 1.29 is 4.76 Å². The van der Waals surface area contributed by atoms with Gasteiger partial charge in [0.25, 0.3) is 0 Å². The normalized spacial score (nSPS) is 9.71. The lowest BCUT2D eigenvalue weighted by Crippen LogP contribution is -2.08. The smallest absolute Gasteiger partial charge is 0.0566 e. The molecule has 0 aliphatic heterocycles. The Kier molecular flexibility index (Phi) is 2.56. The molecule has 0 rings (SSSR count). The maximum absolute atomic E-state index is 10.2. The Morgan fingerprint density at radius 1 is 1.57 bits per heavy atom. The Morgan fingerprint density at radius 3 is 2.00 bits per heavy atom. The quantitative estimate of drug-likeness (QED) is 0.477. The van der Waals surface area contributed by atoms with Crippen LogP contribution in [0.1, 0.15) is 13.8 Å². The number of nitroso groups, excluding NO2 is 1. The van der Waals surface area contributed by atoms with Gasteiger partial charge in [0, 0.05) is 10.8 Å². The number of hydrogen-bond donors (Lipinski definition) is 0. The molecular formula is C5H12NO+. The zero-order valence-corrected chi connectivity index (χ0v) is 5.14. The third-order valence-electron chi connectivity index (χ3n) is 0.622. The highest BCUT2D eigenvalue weighted by Crippen LogP contribution is 1.88. The minimum absolute atomic E-state index is 0.488. The van der Waals surface area contributed by atoms with E-state index in [1.54, 1.807) is 7.05 Å². The van der Waals surface area contributed by atoms with E-state index in [0.717, 1.165) is 4.76 Å². The molecule has 0 aromatic carbocycles. The summed E-state index contributed by atoms with van der Waals surface area (Å²) in [7, 11) is 1.54. The average molecular weight is 102 g/mol. The van der Waals surface area contributed by atoms with E-state index in [1.165, 1.54) is 0 Å². The van der Waals surface area contributed by atoms with Gasteiger partial charge in [0.2, 0.25) is 0 Å². The highest BCUT2D eigenvalue weighted by Gasteiger charge is 2.01. The first kappa shape index (κ1) is 6.60. The lowest BCUT2D eigenvalue weighted by Gasteiger charge is -1.89. The van der Waals surface area contributed by atoms with Crippen LogP contribution < -0.4 is 0 Å². The van der Waals surface area contributed by atoms with E-state index in [4.69, 9.17) is 0 Å². The van der Waals surface area contributed by atoms with Crippen LogP contribution in [-0.2, 0) is 0 Å². The first-order valence-corrected chi connectivity index (χ1v) is 2.51. The van der Waals surface area contributed by atoms with Crippen LogP contribution in [-0.4, -0.2) is 18.4 Å². The molecule has 0 saturated heterocycles. The van der Waals surface area contributed by atoms with Crippen molar-refractivity contribution in [3.05, 3.63) is 4.91 Å². The van der Waals surface area contributed by atoms with Crippen molar-refractivity contribution in [2.45, 2.75) is 13.8 Å². The first-order valence-electron chi connectivity index (χ1n) is 2.51. The van der Waals surface area contributed by atoms with Crippen molar-refractivity contribution in [1.82, 2.24) is 0 Å². The highest BCUT2D eigenvalue weighted by atomic mass is 16.3. The Morgan fingerprint density at radius 2 is 2.00 bits per heavy atom. The van der Waals surface area contributed by atoms with Gasteiger partial charge in [0.1, 0.15) is 0 Å². The summed E-state index contributed by atoms with van der Waals surface area (Å²) < 4.78 is 0.949.